The van der Waals surface area contributed by atoms with Crippen LogP contribution in [0.25, 0.3) is 16.6 Å². The van der Waals surface area contributed by atoms with Crippen LogP contribution in [0.2, 0.25) is 0 Å². The third kappa shape index (κ3) is 4.05. The summed E-state index contributed by atoms with van der Waals surface area (Å²) in [7, 11) is 3.23. The summed E-state index contributed by atoms with van der Waals surface area (Å²) in [6, 6.07) is 22.5. The van der Waals surface area contributed by atoms with Gasteiger partial charge in [0, 0.05) is 13.6 Å². The van der Waals surface area contributed by atoms with Gasteiger partial charge in [0.1, 0.15) is 0 Å². The SMILES string of the molecule is COC(=O)c1ccc2c(=O)n(-c3ccc(C)cc3)c(N(C)Cc3ccccc3)nc2c1. The van der Waals surface area contributed by atoms with E-state index >= 15 is 0 Å². The number of aryl methyl sites for hydroxylation is 1. The van der Waals surface area contributed by atoms with E-state index in [1.807, 2.05) is 73.5 Å². The highest BCUT2D eigenvalue weighted by Gasteiger charge is 2.18. The molecule has 0 saturated carbocycles. The number of nitrogens with zero attached hydrogens (tertiary/aromatic N) is 3. The van der Waals surface area contributed by atoms with Gasteiger partial charge in [-0.25, -0.2) is 14.3 Å². The Kier molecular flexibility index (Phi) is 5.54. The van der Waals surface area contributed by atoms with Crippen LogP contribution in [0.1, 0.15) is 21.5 Å². The molecule has 1 aromatic heterocycles. The zero-order valence-electron chi connectivity index (χ0n) is 17.7. The van der Waals surface area contributed by atoms with Gasteiger partial charge in [-0.15, -0.1) is 0 Å². The summed E-state index contributed by atoms with van der Waals surface area (Å²) in [5.41, 5.74) is 3.54. The van der Waals surface area contributed by atoms with Gasteiger partial charge in [-0.05, 0) is 42.8 Å². The van der Waals surface area contributed by atoms with Crippen molar-refractivity contribution in [2.24, 2.45) is 0 Å². The van der Waals surface area contributed by atoms with E-state index in [9.17, 15) is 9.59 Å². The molecule has 4 aromatic rings. The summed E-state index contributed by atoms with van der Waals surface area (Å²) in [6.07, 6.45) is 0. The Bertz CT molecular complexity index is 1300. The second-order valence-corrected chi connectivity index (χ2v) is 7.45. The van der Waals surface area contributed by atoms with Crippen LogP contribution in [-0.2, 0) is 11.3 Å². The van der Waals surface area contributed by atoms with Crippen molar-refractivity contribution in [2.75, 3.05) is 19.1 Å². The minimum Gasteiger partial charge on any atom is -0.465 e. The maximum absolute atomic E-state index is 13.5. The fourth-order valence-corrected chi connectivity index (χ4v) is 3.53. The normalized spacial score (nSPS) is 10.8. The summed E-state index contributed by atoms with van der Waals surface area (Å²) < 4.78 is 6.43. The van der Waals surface area contributed by atoms with Gasteiger partial charge in [-0.3, -0.25) is 4.79 Å². The number of aromatic nitrogens is 2. The molecule has 0 spiro atoms. The summed E-state index contributed by atoms with van der Waals surface area (Å²) in [5, 5.41) is 0.435. The summed E-state index contributed by atoms with van der Waals surface area (Å²) in [6.45, 7) is 2.57. The number of carbonyl (C=O) groups excluding carboxylic acids is 1. The molecule has 0 radical (unpaired) electrons. The van der Waals surface area contributed by atoms with Gasteiger partial charge < -0.3 is 9.64 Å². The molecule has 0 unspecified atom stereocenters. The standard InChI is InChI=1S/C25H23N3O3/c1-17-9-12-20(13-10-17)28-23(29)21-14-11-19(24(30)31-3)15-22(21)26-25(28)27(2)16-18-7-5-4-6-8-18/h4-15H,16H2,1-3H3. The number of esters is 1. The fraction of sp³-hybridized carbons (Fsp3) is 0.160. The highest BCUT2D eigenvalue weighted by molar-refractivity contribution is 5.94. The molecular formula is C25H23N3O3. The number of hydrogen-bond acceptors (Lipinski definition) is 5. The minimum atomic E-state index is -0.467. The Morgan fingerprint density at radius 2 is 1.74 bits per heavy atom. The first kappa shape index (κ1) is 20.3. The van der Waals surface area contributed by atoms with Crippen LogP contribution in [0.5, 0.6) is 0 Å². The van der Waals surface area contributed by atoms with Crippen molar-refractivity contribution < 1.29 is 9.53 Å². The number of ether oxygens (including phenoxy) is 1. The second-order valence-electron chi connectivity index (χ2n) is 7.45. The van der Waals surface area contributed by atoms with Crippen LogP contribution in [0, 0.1) is 6.92 Å². The molecule has 0 saturated heterocycles. The van der Waals surface area contributed by atoms with Gasteiger partial charge >= 0.3 is 5.97 Å². The molecule has 4 rings (SSSR count). The van der Waals surface area contributed by atoms with Gasteiger partial charge in [0.15, 0.2) is 0 Å². The lowest BCUT2D eigenvalue weighted by Gasteiger charge is -2.23. The Hall–Kier alpha value is -3.93. The van der Waals surface area contributed by atoms with Gasteiger partial charge in [-0.1, -0.05) is 48.0 Å². The van der Waals surface area contributed by atoms with Crippen molar-refractivity contribution in [3.05, 3.63) is 99.8 Å². The molecule has 0 fully saturated rings. The number of rotatable bonds is 5. The molecule has 0 aliphatic heterocycles. The van der Waals surface area contributed by atoms with Crippen molar-refractivity contribution in [2.45, 2.75) is 13.5 Å². The second kappa shape index (κ2) is 8.44. The predicted molar refractivity (Wildman–Crippen MR) is 122 cm³/mol. The lowest BCUT2D eigenvalue weighted by Crippen LogP contribution is -2.29. The molecular weight excluding hydrogens is 390 g/mol. The minimum absolute atomic E-state index is 0.194. The molecule has 0 aliphatic carbocycles. The number of hydrogen-bond donors (Lipinski definition) is 0. The smallest absolute Gasteiger partial charge is 0.337 e. The van der Waals surface area contributed by atoms with Crippen LogP contribution in [0.4, 0.5) is 5.95 Å². The molecule has 0 N–H and O–H groups in total. The average molecular weight is 413 g/mol. The van der Waals surface area contributed by atoms with Crippen molar-refractivity contribution in [3.8, 4) is 5.69 Å². The highest BCUT2D eigenvalue weighted by atomic mass is 16.5. The van der Waals surface area contributed by atoms with E-state index in [2.05, 4.69) is 0 Å². The summed E-state index contributed by atoms with van der Waals surface area (Å²) in [5.74, 6) is 0.0258. The first-order valence-corrected chi connectivity index (χ1v) is 9.95. The number of benzene rings is 3. The first-order valence-electron chi connectivity index (χ1n) is 9.95. The van der Waals surface area contributed by atoms with Gasteiger partial charge in [0.25, 0.3) is 5.56 Å². The molecule has 6 nitrogen and oxygen atoms in total. The maximum Gasteiger partial charge on any atom is 0.337 e. The van der Waals surface area contributed by atoms with Gasteiger partial charge in [0.2, 0.25) is 5.95 Å². The Balaban J connectivity index is 1.92. The molecule has 0 atom stereocenters. The van der Waals surface area contributed by atoms with Crippen molar-refractivity contribution in [1.29, 1.82) is 0 Å². The number of carbonyl (C=O) groups is 1. The average Bonchev–Trinajstić information content (AvgIpc) is 2.79. The third-order valence-electron chi connectivity index (χ3n) is 5.17. The lowest BCUT2D eigenvalue weighted by molar-refractivity contribution is 0.0601. The third-order valence-corrected chi connectivity index (χ3v) is 5.17. The van der Waals surface area contributed by atoms with E-state index in [4.69, 9.17) is 9.72 Å². The molecule has 3 aromatic carbocycles. The number of anilines is 1. The molecule has 6 heteroatoms. The zero-order chi connectivity index (χ0) is 22.0. The van der Waals surface area contributed by atoms with Crippen LogP contribution >= 0.6 is 0 Å². The molecule has 31 heavy (non-hydrogen) atoms. The maximum atomic E-state index is 13.5. The van der Waals surface area contributed by atoms with E-state index in [0.29, 0.717) is 29.0 Å². The van der Waals surface area contributed by atoms with Crippen LogP contribution in [0.3, 0.4) is 0 Å². The van der Waals surface area contributed by atoms with Crippen molar-refractivity contribution >= 4 is 22.8 Å². The molecule has 0 amide bonds. The zero-order valence-corrected chi connectivity index (χ0v) is 17.7. The fourth-order valence-electron chi connectivity index (χ4n) is 3.53. The van der Waals surface area contributed by atoms with E-state index in [0.717, 1.165) is 16.8 Å². The first-order chi connectivity index (χ1) is 15.0. The predicted octanol–water partition coefficient (Wildman–Crippen LogP) is 4.12. The number of methoxy groups -OCH3 is 1. The van der Waals surface area contributed by atoms with E-state index in [1.165, 1.54) is 7.11 Å². The summed E-state index contributed by atoms with van der Waals surface area (Å²) >= 11 is 0. The molecule has 1 heterocycles. The Morgan fingerprint density at radius 3 is 2.42 bits per heavy atom. The monoisotopic (exact) mass is 413 g/mol. The largest absolute Gasteiger partial charge is 0.465 e. The molecule has 156 valence electrons. The van der Waals surface area contributed by atoms with Crippen molar-refractivity contribution in [3.63, 3.8) is 0 Å². The number of fused-ring (bicyclic) bond motifs is 1. The summed E-state index contributed by atoms with van der Waals surface area (Å²) in [4.78, 5) is 32.2. The topological polar surface area (TPSA) is 64.4 Å². The van der Waals surface area contributed by atoms with Crippen LogP contribution in [0.15, 0.2) is 77.6 Å². The van der Waals surface area contributed by atoms with E-state index in [-0.39, 0.29) is 5.56 Å². The van der Waals surface area contributed by atoms with Crippen molar-refractivity contribution in [1.82, 2.24) is 9.55 Å². The van der Waals surface area contributed by atoms with Crippen LogP contribution < -0.4 is 10.5 Å². The van der Waals surface area contributed by atoms with Gasteiger partial charge in [0.05, 0.1) is 29.3 Å². The molecule has 0 bridgehead atoms. The van der Waals surface area contributed by atoms with E-state index in [1.54, 1.807) is 22.8 Å². The quantitative estimate of drug-likeness (QED) is 0.461. The van der Waals surface area contributed by atoms with Gasteiger partial charge in [-0.2, -0.15) is 0 Å². The highest BCUT2D eigenvalue weighted by Crippen LogP contribution is 2.21. The Labute approximate surface area is 180 Å². The molecule has 0 aliphatic rings. The Morgan fingerprint density at radius 1 is 1.03 bits per heavy atom. The lowest BCUT2D eigenvalue weighted by atomic mass is 10.1. The van der Waals surface area contributed by atoms with E-state index < -0.39 is 5.97 Å². The van der Waals surface area contributed by atoms with Crippen LogP contribution in [-0.4, -0.2) is 29.7 Å².